The molecule has 0 saturated heterocycles. The minimum absolute atomic E-state index is 0.142. The number of aryl methyl sites for hydroxylation is 2. The fourth-order valence-corrected chi connectivity index (χ4v) is 2.59. The van der Waals surface area contributed by atoms with Crippen LogP contribution in [-0.2, 0) is 12.8 Å². The molecule has 0 unspecified atom stereocenters. The lowest BCUT2D eigenvalue weighted by Crippen LogP contribution is -2.14. The predicted octanol–water partition coefficient (Wildman–Crippen LogP) is 3.15. The number of carbonyl (C=O) groups excluding carboxylic acids is 1. The number of benzene rings is 2. The average Bonchev–Trinajstić information content (AvgIpc) is 2.85. The third-order valence-corrected chi connectivity index (χ3v) is 3.61. The van der Waals surface area contributed by atoms with E-state index >= 15 is 0 Å². The second-order valence-electron chi connectivity index (χ2n) is 5.02. The summed E-state index contributed by atoms with van der Waals surface area (Å²) in [6.45, 7) is 0. The molecule has 3 N–H and O–H groups in total. The molecule has 0 radical (unpaired) electrons. The van der Waals surface area contributed by atoms with Crippen molar-refractivity contribution >= 4 is 17.3 Å². The first-order chi connectivity index (χ1) is 9.63. The number of amides is 1. The maximum atomic E-state index is 13.0. The quantitative estimate of drug-likeness (QED) is 0.824. The molecule has 1 aliphatic carbocycles. The first-order valence-corrected chi connectivity index (χ1v) is 6.61. The van der Waals surface area contributed by atoms with Crippen LogP contribution < -0.4 is 11.1 Å². The van der Waals surface area contributed by atoms with Crippen molar-refractivity contribution in [2.24, 2.45) is 0 Å². The van der Waals surface area contributed by atoms with E-state index in [0.29, 0.717) is 0 Å². The Morgan fingerprint density at radius 1 is 1.10 bits per heavy atom. The van der Waals surface area contributed by atoms with Gasteiger partial charge >= 0.3 is 0 Å². The van der Waals surface area contributed by atoms with E-state index in [1.807, 2.05) is 18.2 Å². The highest BCUT2D eigenvalue weighted by Gasteiger charge is 2.14. The van der Waals surface area contributed by atoms with Crippen molar-refractivity contribution in [3.8, 4) is 0 Å². The minimum Gasteiger partial charge on any atom is -0.398 e. The largest absolute Gasteiger partial charge is 0.398 e. The fourth-order valence-electron chi connectivity index (χ4n) is 2.59. The monoisotopic (exact) mass is 270 g/mol. The van der Waals surface area contributed by atoms with Gasteiger partial charge in [-0.05, 0) is 60.7 Å². The number of nitrogens with two attached hydrogens (primary N) is 1. The molecule has 2 aromatic carbocycles. The molecule has 2 aromatic rings. The van der Waals surface area contributed by atoms with Crippen molar-refractivity contribution in [3.05, 3.63) is 58.9 Å². The highest BCUT2D eigenvalue weighted by Crippen LogP contribution is 2.25. The van der Waals surface area contributed by atoms with E-state index in [1.165, 1.54) is 23.3 Å². The van der Waals surface area contributed by atoms with Crippen LogP contribution in [0.25, 0.3) is 0 Å². The van der Waals surface area contributed by atoms with Gasteiger partial charge in [-0.25, -0.2) is 4.39 Å². The lowest BCUT2D eigenvalue weighted by atomic mass is 10.1. The minimum atomic E-state index is -0.448. The zero-order valence-electron chi connectivity index (χ0n) is 10.9. The average molecular weight is 270 g/mol. The number of hydrogen-bond donors (Lipinski definition) is 2. The van der Waals surface area contributed by atoms with E-state index in [0.717, 1.165) is 31.0 Å². The van der Waals surface area contributed by atoms with Gasteiger partial charge in [-0.1, -0.05) is 6.07 Å². The van der Waals surface area contributed by atoms with Crippen molar-refractivity contribution < 1.29 is 9.18 Å². The number of nitrogen functional groups attached to an aromatic ring is 1. The third kappa shape index (κ3) is 2.37. The third-order valence-electron chi connectivity index (χ3n) is 3.61. The molecule has 0 atom stereocenters. The van der Waals surface area contributed by atoms with Gasteiger partial charge in [-0.2, -0.15) is 0 Å². The van der Waals surface area contributed by atoms with E-state index in [-0.39, 0.29) is 17.2 Å². The zero-order chi connectivity index (χ0) is 14.1. The van der Waals surface area contributed by atoms with Crippen LogP contribution in [0.2, 0.25) is 0 Å². The van der Waals surface area contributed by atoms with E-state index in [9.17, 15) is 9.18 Å². The van der Waals surface area contributed by atoms with Gasteiger partial charge in [0, 0.05) is 11.4 Å². The molecule has 4 heteroatoms. The van der Waals surface area contributed by atoms with E-state index in [2.05, 4.69) is 5.32 Å². The van der Waals surface area contributed by atoms with Crippen LogP contribution in [0.3, 0.4) is 0 Å². The summed E-state index contributed by atoms with van der Waals surface area (Å²) in [5.41, 5.74) is 9.48. The van der Waals surface area contributed by atoms with Gasteiger partial charge in [0.05, 0.1) is 5.56 Å². The molecular weight excluding hydrogens is 255 g/mol. The van der Waals surface area contributed by atoms with Crippen molar-refractivity contribution in [2.45, 2.75) is 19.3 Å². The van der Waals surface area contributed by atoms with Crippen LogP contribution >= 0.6 is 0 Å². The van der Waals surface area contributed by atoms with Crippen LogP contribution in [-0.4, -0.2) is 5.91 Å². The Morgan fingerprint density at radius 2 is 1.90 bits per heavy atom. The summed E-state index contributed by atoms with van der Waals surface area (Å²) >= 11 is 0. The molecule has 0 heterocycles. The molecule has 0 aromatic heterocycles. The van der Waals surface area contributed by atoms with Gasteiger partial charge in [0.15, 0.2) is 0 Å². The van der Waals surface area contributed by atoms with Crippen LogP contribution in [0.15, 0.2) is 36.4 Å². The molecule has 3 nitrogen and oxygen atoms in total. The number of anilines is 2. The standard InChI is InChI=1S/C16H15FN2O/c17-12-5-7-14(15(18)9-12)16(20)19-13-6-4-10-2-1-3-11(10)8-13/h4-9H,1-3,18H2,(H,19,20). The summed E-state index contributed by atoms with van der Waals surface area (Å²) in [5.74, 6) is -0.767. The summed E-state index contributed by atoms with van der Waals surface area (Å²) < 4.78 is 13.0. The van der Waals surface area contributed by atoms with Crippen LogP contribution in [0.5, 0.6) is 0 Å². The second kappa shape index (κ2) is 4.96. The van der Waals surface area contributed by atoms with Crippen LogP contribution in [0.4, 0.5) is 15.8 Å². The highest BCUT2D eigenvalue weighted by atomic mass is 19.1. The number of nitrogens with one attached hydrogen (secondary N) is 1. The number of halogens is 1. The lowest BCUT2D eigenvalue weighted by Gasteiger charge is -2.09. The maximum Gasteiger partial charge on any atom is 0.257 e. The van der Waals surface area contributed by atoms with Crippen molar-refractivity contribution in [2.75, 3.05) is 11.1 Å². The Kier molecular flexibility index (Phi) is 3.14. The van der Waals surface area contributed by atoms with Crippen molar-refractivity contribution in [1.82, 2.24) is 0 Å². The van der Waals surface area contributed by atoms with Crippen molar-refractivity contribution in [1.29, 1.82) is 0 Å². The highest BCUT2D eigenvalue weighted by molar-refractivity contribution is 6.07. The molecule has 0 bridgehead atoms. The van der Waals surface area contributed by atoms with Gasteiger partial charge in [0.25, 0.3) is 5.91 Å². The summed E-state index contributed by atoms with van der Waals surface area (Å²) in [7, 11) is 0. The predicted molar refractivity (Wildman–Crippen MR) is 77.2 cm³/mol. The first kappa shape index (κ1) is 12.7. The Bertz CT molecular complexity index is 682. The molecular formula is C16H15FN2O. The normalized spacial score (nSPS) is 13.1. The Hall–Kier alpha value is -2.36. The molecule has 1 aliphatic rings. The van der Waals surface area contributed by atoms with Crippen LogP contribution in [0, 0.1) is 5.82 Å². The van der Waals surface area contributed by atoms with Gasteiger partial charge in [0.2, 0.25) is 0 Å². The van der Waals surface area contributed by atoms with Gasteiger partial charge in [-0.15, -0.1) is 0 Å². The van der Waals surface area contributed by atoms with Crippen LogP contribution in [0.1, 0.15) is 27.9 Å². The van der Waals surface area contributed by atoms with E-state index < -0.39 is 5.82 Å². The SMILES string of the molecule is Nc1cc(F)ccc1C(=O)Nc1ccc2c(c1)CCC2. The fraction of sp³-hybridized carbons (Fsp3) is 0.188. The maximum absolute atomic E-state index is 13.0. The molecule has 3 rings (SSSR count). The molecule has 0 fully saturated rings. The summed E-state index contributed by atoms with van der Waals surface area (Å²) in [6.07, 6.45) is 3.32. The number of hydrogen-bond acceptors (Lipinski definition) is 2. The van der Waals surface area contributed by atoms with Gasteiger partial charge in [0.1, 0.15) is 5.82 Å². The molecule has 20 heavy (non-hydrogen) atoms. The Labute approximate surface area is 116 Å². The van der Waals surface area contributed by atoms with E-state index in [4.69, 9.17) is 5.73 Å². The molecule has 102 valence electrons. The van der Waals surface area contributed by atoms with E-state index in [1.54, 1.807) is 0 Å². The first-order valence-electron chi connectivity index (χ1n) is 6.61. The topological polar surface area (TPSA) is 55.1 Å². The smallest absolute Gasteiger partial charge is 0.257 e. The molecule has 0 spiro atoms. The molecule has 0 aliphatic heterocycles. The molecule has 0 saturated carbocycles. The summed E-state index contributed by atoms with van der Waals surface area (Å²) in [5, 5.41) is 2.81. The zero-order valence-corrected chi connectivity index (χ0v) is 10.9. The summed E-state index contributed by atoms with van der Waals surface area (Å²) in [4.78, 5) is 12.1. The van der Waals surface area contributed by atoms with Gasteiger partial charge in [-0.3, -0.25) is 4.79 Å². The second-order valence-corrected chi connectivity index (χ2v) is 5.02. The Balaban J connectivity index is 1.82. The number of carbonyl (C=O) groups is 1. The number of rotatable bonds is 2. The number of fused-ring (bicyclic) bond motifs is 1. The van der Waals surface area contributed by atoms with Gasteiger partial charge < -0.3 is 11.1 Å². The Morgan fingerprint density at radius 3 is 2.70 bits per heavy atom. The molecule has 1 amide bonds. The summed E-state index contributed by atoms with van der Waals surface area (Å²) in [6, 6.07) is 9.71. The van der Waals surface area contributed by atoms with Crippen molar-refractivity contribution in [3.63, 3.8) is 0 Å². The lowest BCUT2D eigenvalue weighted by molar-refractivity contribution is 0.102.